The van der Waals surface area contributed by atoms with Gasteiger partial charge in [-0.25, -0.2) is 0 Å². The summed E-state index contributed by atoms with van der Waals surface area (Å²) in [5, 5.41) is 0. The second-order valence-corrected chi connectivity index (χ2v) is 7.64. The fraction of sp³-hybridized carbons (Fsp3) is 0.524. The van der Waals surface area contributed by atoms with Gasteiger partial charge in [-0.15, -0.1) is 0 Å². The van der Waals surface area contributed by atoms with Gasteiger partial charge in [-0.05, 0) is 38.7 Å². The normalized spacial score (nSPS) is 22.5. The lowest BCUT2D eigenvalue weighted by Gasteiger charge is -2.36. The highest BCUT2D eigenvalue weighted by Crippen LogP contribution is 2.26. The van der Waals surface area contributed by atoms with Crippen LogP contribution in [-0.4, -0.2) is 48.0 Å². The van der Waals surface area contributed by atoms with Gasteiger partial charge in [0.15, 0.2) is 11.5 Å². The Morgan fingerprint density at radius 3 is 2.77 bits per heavy atom. The van der Waals surface area contributed by atoms with Crippen LogP contribution in [0, 0.1) is 0 Å². The summed E-state index contributed by atoms with van der Waals surface area (Å²) >= 11 is 0. The minimum absolute atomic E-state index is 0.0318. The van der Waals surface area contributed by atoms with Crippen molar-refractivity contribution in [2.75, 3.05) is 19.7 Å². The van der Waals surface area contributed by atoms with E-state index in [1.807, 2.05) is 32.0 Å². The molecule has 0 aliphatic carbocycles. The van der Waals surface area contributed by atoms with E-state index in [-0.39, 0.29) is 23.6 Å². The third-order valence-electron chi connectivity index (χ3n) is 4.75. The fourth-order valence-electron chi connectivity index (χ4n) is 3.50. The van der Waals surface area contributed by atoms with E-state index in [0.717, 1.165) is 19.3 Å². The van der Waals surface area contributed by atoms with Crippen molar-refractivity contribution in [3.05, 3.63) is 47.7 Å². The van der Waals surface area contributed by atoms with E-state index in [9.17, 15) is 9.59 Å². The first-order chi connectivity index (χ1) is 12.4. The molecule has 0 N–H and O–H groups in total. The lowest BCUT2D eigenvalue weighted by molar-refractivity contribution is -0.144. The zero-order chi connectivity index (χ0) is 18.6. The van der Waals surface area contributed by atoms with E-state index in [0.29, 0.717) is 26.1 Å². The number of morpholine rings is 1. The summed E-state index contributed by atoms with van der Waals surface area (Å²) in [6.45, 7) is 5.26. The van der Waals surface area contributed by atoms with Gasteiger partial charge in [-0.2, -0.15) is 0 Å². The predicted octanol–water partition coefficient (Wildman–Crippen LogP) is 2.89. The van der Waals surface area contributed by atoms with Crippen molar-refractivity contribution < 1.29 is 19.1 Å². The van der Waals surface area contributed by atoms with Crippen LogP contribution in [0.4, 0.5) is 0 Å². The van der Waals surface area contributed by atoms with Crippen LogP contribution < -0.4 is 0 Å². The number of carbonyl (C=O) groups is 2. The molecule has 1 saturated heterocycles. The average Bonchev–Trinajstić information content (AvgIpc) is 2.60. The Kier molecular flexibility index (Phi) is 5.77. The Bertz CT molecular complexity index is 681. The maximum atomic E-state index is 12.8. The molecule has 2 aliphatic rings. The molecule has 1 amide bonds. The lowest BCUT2D eigenvalue weighted by Crippen LogP contribution is -2.47. The second-order valence-electron chi connectivity index (χ2n) is 7.64. The van der Waals surface area contributed by atoms with Crippen LogP contribution in [0.3, 0.4) is 0 Å². The molecule has 1 aromatic rings. The van der Waals surface area contributed by atoms with Crippen molar-refractivity contribution in [2.24, 2.45) is 0 Å². The van der Waals surface area contributed by atoms with E-state index in [1.165, 1.54) is 11.6 Å². The summed E-state index contributed by atoms with van der Waals surface area (Å²) < 4.78 is 11.6. The van der Waals surface area contributed by atoms with Crippen LogP contribution in [0.25, 0.3) is 0 Å². The van der Waals surface area contributed by atoms with Crippen LogP contribution >= 0.6 is 0 Å². The molecular weight excluding hydrogens is 330 g/mol. The van der Waals surface area contributed by atoms with Crippen LogP contribution in [0.5, 0.6) is 0 Å². The molecule has 1 atom stereocenters. The highest BCUT2D eigenvalue weighted by molar-refractivity contribution is 6.01. The Labute approximate surface area is 155 Å². The first kappa shape index (κ1) is 18.6. The maximum Gasteiger partial charge on any atom is 0.289 e. The summed E-state index contributed by atoms with van der Waals surface area (Å²) in [7, 11) is 0. The molecule has 0 radical (unpaired) electrons. The fourth-order valence-corrected chi connectivity index (χ4v) is 3.50. The molecule has 2 heterocycles. The van der Waals surface area contributed by atoms with Crippen molar-refractivity contribution in [3.63, 3.8) is 0 Å². The molecule has 5 nitrogen and oxygen atoms in total. The summed E-state index contributed by atoms with van der Waals surface area (Å²) in [4.78, 5) is 26.4. The number of hydrogen-bond acceptors (Lipinski definition) is 4. The third kappa shape index (κ3) is 4.94. The van der Waals surface area contributed by atoms with E-state index in [1.54, 1.807) is 4.90 Å². The molecule has 1 fully saturated rings. The number of allylic oxidation sites excluding steroid dienone is 1. The van der Waals surface area contributed by atoms with Crippen molar-refractivity contribution in [1.29, 1.82) is 0 Å². The Morgan fingerprint density at radius 1 is 1.27 bits per heavy atom. The van der Waals surface area contributed by atoms with Crippen LogP contribution in [-0.2, 0) is 25.5 Å². The number of amides is 1. The molecule has 0 aromatic heterocycles. The van der Waals surface area contributed by atoms with Crippen molar-refractivity contribution >= 4 is 11.7 Å². The third-order valence-corrected chi connectivity index (χ3v) is 4.75. The number of carbonyl (C=O) groups excluding carboxylic acids is 2. The van der Waals surface area contributed by atoms with Gasteiger partial charge in [0.2, 0.25) is 0 Å². The molecule has 0 spiro atoms. The summed E-state index contributed by atoms with van der Waals surface area (Å²) in [5.74, 6) is -0.101. The molecule has 3 rings (SSSR count). The molecule has 1 aromatic carbocycles. The smallest absolute Gasteiger partial charge is 0.289 e. The Morgan fingerprint density at radius 2 is 2.04 bits per heavy atom. The SMILES string of the molecule is CC1(C)CC(=O)C=C(C(=O)N2CCO[C@@H](CCCc3ccccc3)C2)O1. The van der Waals surface area contributed by atoms with Gasteiger partial charge in [0.1, 0.15) is 5.60 Å². The summed E-state index contributed by atoms with van der Waals surface area (Å²) in [6.07, 6.45) is 4.60. The molecular formula is C21H27NO4. The minimum atomic E-state index is -0.627. The zero-order valence-corrected chi connectivity index (χ0v) is 15.6. The van der Waals surface area contributed by atoms with Crippen molar-refractivity contribution in [2.45, 2.75) is 51.2 Å². The van der Waals surface area contributed by atoms with Gasteiger partial charge >= 0.3 is 0 Å². The molecule has 0 bridgehead atoms. The van der Waals surface area contributed by atoms with E-state index in [2.05, 4.69) is 12.1 Å². The zero-order valence-electron chi connectivity index (χ0n) is 15.6. The van der Waals surface area contributed by atoms with Crippen LogP contribution in [0.1, 0.15) is 38.7 Å². The molecule has 140 valence electrons. The Hall–Kier alpha value is -2.14. The van der Waals surface area contributed by atoms with E-state index >= 15 is 0 Å². The number of nitrogens with zero attached hydrogens (tertiary/aromatic N) is 1. The molecule has 26 heavy (non-hydrogen) atoms. The topological polar surface area (TPSA) is 55.8 Å². The van der Waals surface area contributed by atoms with E-state index < -0.39 is 5.60 Å². The van der Waals surface area contributed by atoms with Gasteiger partial charge in [-0.3, -0.25) is 9.59 Å². The molecule has 0 saturated carbocycles. The summed E-state index contributed by atoms with van der Waals surface area (Å²) in [6, 6.07) is 10.4. The van der Waals surface area contributed by atoms with Crippen LogP contribution in [0.15, 0.2) is 42.2 Å². The van der Waals surface area contributed by atoms with E-state index in [4.69, 9.17) is 9.47 Å². The highest BCUT2D eigenvalue weighted by atomic mass is 16.5. The molecule has 0 unspecified atom stereocenters. The van der Waals surface area contributed by atoms with Gasteiger partial charge in [0.05, 0.1) is 12.7 Å². The van der Waals surface area contributed by atoms with Gasteiger partial charge < -0.3 is 14.4 Å². The summed E-state index contributed by atoms with van der Waals surface area (Å²) in [5.41, 5.74) is 0.691. The number of ketones is 1. The second kappa shape index (κ2) is 8.04. The van der Waals surface area contributed by atoms with Crippen molar-refractivity contribution in [3.8, 4) is 0 Å². The first-order valence-corrected chi connectivity index (χ1v) is 9.31. The van der Waals surface area contributed by atoms with Crippen LogP contribution in [0.2, 0.25) is 0 Å². The van der Waals surface area contributed by atoms with Gasteiger partial charge in [0, 0.05) is 25.6 Å². The molecule has 2 aliphatic heterocycles. The maximum absolute atomic E-state index is 12.8. The quantitative estimate of drug-likeness (QED) is 0.813. The molecule has 5 heteroatoms. The first-order valence-electron chi connectivity index (χ1n) is 9.31. The lowest BCUT2D eigenvalue weighted by atomic mass is 9.98. The Balaban J connectivity index is 1.53. The van der Waals surface area contributed by atoms with Gasteiger partial charge in [-0.1, -0.05) is 30.3 Å². The minimum Gasteiger partial charge on any atom is -0.481 e. The number of ether oxygens (including phenoxy) is 2. The average molecular weight is 357 g/mol. The number of hydrogen-bond donors (Lipinski definition) is 0. The number of rotatable bonds is 5. The highest BCUT2D eigenvalue weighted by Gasteiger charge is 2.35. The van der Waals surface area contributed by atoms with Crippen molar-refractivity contribution in [1.82, 2.24) is 4.90 Å². The predicted molar refractivity (Wildman–Crippen MR) is 98.6 cm³/mol. The standard InChI is InChI=1S/C21H27NO4/c1-21(2)14-17(23)13-19(26-21)20(24)22-11-12-25-18(15-22)10-6-9-16-7-4-3-5-8-16/h3-5,7-8,13,18H,6,9-12,14-15H2,1-2H3/t18-/m0/s1. The van der Waals surface area contributed by atoms with Gasteiger partial charge in [0.25, 0.3) is 5.91 Å². The number of aryl methyl sites for hydroxylation is 1. The largest absolute Gasteiger partial charge is 0.481 e. The monoisotopic (exact) mass is 357 g/mol. The number of benzene rings is 1.